The van der Waals surface area contributed by atoms with Crippen LogP contribution in [0.3, 0.4) is 0 Å². The number of hydrogen-bond acceptors (Lipinski definition) is 4. The Morgan fingerprint density at radius 3 is 2.33 bits per heavy atom. The maximum Gasteiger partial charge on any atom is 0.229 e. The summed E-state index contributed by atoms with van der Waals surface area (Å²) in [5.41, 5.74) is 0. The number of carbonyl (C=O) groups excluding carboxylic acids is 2. The highest BCUT2D eigenvalue weighted by atomic mass is 16.7. The molecule has 1 aliphatic heterocycles. The van der Waals surface area contributed by atoms with Crippen molar-refractivity contribution in [2.45, 2.75) is 32.7 Å². The van der Waals surface area contributed by atoms with Crippen LogP contribution in [-0.2, 0) is 19.1 Å². The van der Waals surface area contributed by atoms with Gasteiger partial charge in [-0.15, -0.1) is 0 Å². The van der Waals surface area contributed by atoms with Crippen molar-refractivity contribution in [1.29, 1.82) is 0 Å². The number of ether oxygens (including phenoxy) is 2. The lowest BCUT2D eigenvalue weighted by Gasteiger charge is -2.15. The summed E-state index contributed by atoms with van der Waals surface area (Å²) in [6.07, 6.45) is -0.711. The van der Waals surface area contributed by atoms with Gasteiger partial charge in [-0.25, -0.2) is 0 Å². The highest BCUT2D eigenvalue weighted by molar-refractivity contribution is 6.38. The third-order valence-electron chi connectivity index (χ3n) is 1.65. The minimum Gasteiger partial charge on any atom is -0.347 e. The third-order valence-corrected chi connectivity index (χ3v) is 1.65. The second-order valence-corrected chi connectivity index (χ2v) is 3.24. The van der Waals surface area contributed by atoms with Gasteiger partial charge in [-0.2, -0.15) is 0 Å². The van der Waals surface area contributed by atoms with Gasteiger partial charge in [0.05, 0.1) is 6.61 Å². The van der Waals surface area contributed by atoms with Gasteiger partial charge in [-0.05, 0) is 13.8 Å². The van der Waals surface area contributed by atoms with Gasteiger partial charge in [-0.1, -0.05) is 0 Å². The minimum atomic E-state index is -0.740. The van der Waals surface area contributed by atoms with E-state index < -0.39 is 23.5 Å². The number of Topliss-reactive ketones (excluding diaryl/α,β-unsaturated/α-hetero) is 2. The molecule has 0 amide bonds. The Bertz CT molecular complexity index is 219. The summed E-state index contributed by atoms with van der Waals surface area (Å²) in [7, 11) is 0. The number of carbonyl (C=O) groups is 2. The topological polar surface area (TPSA) is 52.6 Å². The fourth-order valence-electron chi connectivity index (χ4n) is 1.04. The van der Waals surface area contributed by atoms with Crippen molar-refractivity contribution in [1.82, 2.24) is 0 Å². The molecular weight excluding hydrogens is 160 g/mol. The van der Waals surface area contributed by atoms with Gasteiger partial charge in [0.15, 0.2) is 17.7 Å². The molecule has 0 radical (unpaired) electrons. The number of ketones is 2. The maximum atomic E-state index is 11.1. The van der Waals surface area contributed by atoms with Crippen molar-refractivity contribution in [3.63, 3.8) is 0 Å². The Balaban J connectivity index is 2.59. The Morgan fingerprint density at radius 2 is 2.00 bits per heavy atom. The number of hydrogen-bond donors (Lipinski definition) is 0. The second-order valence-electron chi connectivity index (χ2n) is 3.24. The zero-order valence-electron chi connectivity index (χ0n) is 7.42. The van der Waals surface area contributed by atoms with E-state index in [1.54, 1.807) is 13.8 Å². The van der Waals surface area contributed by atoms with Crippen LogP contribution in [0, 0.1) is 0 Å². The van der Waals surface area contributed by atoms with Crippen molar-refractivity contribution < 1.29 is 19.1 Å². The number of rotatable bonds is 2. The highest BCUT2D eigenvalue weighted by Gasteiger charge is 2.38. The molecule has 4 nitrogen and oxygen atoms in total. The Kier molecular flexibility index (Phi) is 2.30. The molecule has 0 spiro atoms. The Hall–Kier alpha value is -0.740. The lowest BCUT2D eigenvalue weighted by Crippen LogP contribution is -2.30. The Morgan fingerprint density at radius 1 is 1.42 bits per heavy atom. The molecule has 0 aromatic heterocycles. The first-order valence-electron chi connectivity index (χ1n) is 3.79. The molecule has 0 saturated carbocycles. The van der Waals surface area contributed by atoms with E-state index in [-0.39, 0.29) is 6.61 Å². The van der Waals surface area contributed by atoms with E-state index in [4.69, 9.17) is 9.47 Å². The summed E-state index contributed by atoms with van der Waals surface area (Å²) in [5.74, 6) is -1.74. The highest BCUT2D eigenvalue weighted by Crippen LogP contribution is 2.22. The van der Waals surface area contributed by atoms with Crippen LogP contribution in [0.4, 0.5) is 0 Å². The van der Waals surface area contributed by atoms with Gasteiger partial charge in [0.25, 0.3) is 0 Å². The monoisotopic (exact) mass is 172 g/mol. The molecule has 1 heterocycles. The van der Waals surface area contributed by atoms with Crippen LogP contribution in [0.25, 0.3) is 0 Å². The molecule has 4 heteroatoms. The summed E-state index contributed by atoms with van der Waals surface area (Å²) in [6.45, 7) is 4.82. The van der Waals surface area contributed by atoms with Crippen molar-refractivity contribution in [3.05, 3.63) is 0 Å². The summed E-state index contributed by atoms with van der Waals surface area (Å²) in [4.78, 5) is 21.7. The molecule has 0 aromatic carbocycles. The second kappa shape index (κ2) is 2.95. The third kappa shape index (κ3) is 1.89. The quantitative estimate of drug-likeness (QED) is 0.562. The molecule has 68 valence electrons. The zero-order valence-corrected chi connectivity index (χ0v) is 7.42. The molecule has 1 fully saturated rings. The van der Waals surface area contributed by atoms with Gasteiger partial charge in [0, 0.05) is 6.92 Å². The van der Waals surface area contributed by atoms with E-state index in [2.05, 4.69) is 0 Å². The van der Waals surface area contributed by atoms with Crippen LogP contribution in [0.5, 0.6) is 0 Å². The standard InChI is InChI=1S/C8H12O4/c1-5(9)7(10)6-4-11-8(2,3)12-6/h6H,4H2,1-3H3/t6-/m0/s1. The van der Waals surface area contributed by atoms with Gasteiger partial charge in [0.1, 0.15) is 0 Å². The molecule has 1 aliphatic rings. The molecule has 1 saturated heterocycles. The van der Waals surface area contributed by atoms with Gasteiger partial charge in [0.2, 0.25) is 5.78 Å². The molecule has 0 aromatic rings. The first-order valence-corrected chi connectivity index (χ1v) is 3.79. The van der Waals surface area contributed by atoms with E-state index in [1.807, 2.05) is 0 Å². The Labute approximate surface area is 70.8 Å². The SMILES string of the molecule is CC(=O)C(=O)[C@@H]1COC(C)(C)O1. The van der Waals surface area contributed by atoms with E-state index in [0.717, 1.165) is 0 Å². The average molecular weight is 172 g/mol. The van der Waals surface area contributed by atoms with Crippen molar-refractivity contribution in [2.24, 2.45) is 0 Å². The van der Waals surface area contributed by atoms with Gasteiger partial charge >= 0.3 is 0 Å². The van der Waals surface area contributed by atoms with Crippen LogP contribution >= 0.6 is 0 Å². The normalized spacial score (nSPS) is 27.1. The summed E-state index contributed by atoms with van der Waals surface area (Å²) in [6, 6.07) is 0. The molecule has 1 atom stereocenters. The van der Waals surface area contributed by atoms with E-state index in [1.165, 1.54) is 6.92 Å². The minimum absolute atomic E-state index is 0.172. The van der Waals surface area contributed by atoms with E-state index >= 15 is 0 Å². The predicted molar refractivity (Wildman–Crippen MR) is 40.6 cm³/mol. The average Bonchev–Trinajstić information content (AvgIpc) is 2.28. The van der Waals surface area contributed by atoms with E-state index in [9.17, 15) is 9.59 Å². The van der Waals surface area contributed by atoms with E-state index in [0.29, 0.717) is 0 Å². The fourth-order valence-corrected chi connectivity index (χ4v) is 1.04. The van der Waals surface area contributed by atoms with Crippen LogP contribution in [0.2, 0.25) is 0 Å². The lowest BCUT2D eigenvalue weighted by molar-refractivity contribution is -0.155. The van der Waals surface area contributed by atoms with Gasteiger partial charge < -0.3 is 9.47 Å². The van der Waals surface area contributed by atoms with Crippen molar-refractivity contribution in [3.8, 4) is 0 Å². The first kappa shape index (κ1) is 9.35. The molecule has 12 heavy (non-hydrogen) atoms. The lowest BCUT2D eigenvalue weighted by atomic mass is 10.2. The molecular formula is C8H12O4. The van der Waals surface area contributed by atoms with Crippen LogP contribution in [-0.4, -0.2) is 30.1 Å². The molecule has 0 unspecified atom stereocenters. The fraction of sp³-hybridized carbons (Fsp3) is 0.750. The molecule has 0 bridgehead atoms. The molecule has 0 N–H and O–H groups in total. The summed E-state index contributed by atoms with van der Waals surface area (Å²) in [5, 5.41) is 0. The molecule has 0 aliphatic carbocycles. The van der Waals surface area contributed by atoms with Crippen LogP contribution in [0.15, 0.2) is 0 Å². The first-order chi connectivity index (χ1) is 5.42. The smallest absolute Gasteiger partial charge is 0.229 e. The van der Waals surface area contributed by atoms with Crippen molar-refractivity contribution in [2.75, 3.05) is 6.61 Å². The van der Waals surface area contributed by atoms with Crippen molar-refractivity contribution >= 4 is 11.6 Å². The van der Waals surface area contributed by atoms with Crippen LogP contribution in [0.1, 0.15) is 20.8 Å². The molecule has 1 rings (SSSR count). The zero-order chi connectivity index (χ0) is 9.35. The predicted octanol–water partition coefficient (Wildman–Crippen LogP) is 0.296. The summed E-state index contributed by atoms with van der Waals surface area (Å²) < 4.78 is 10.3. The maximum absolute atomic E-state index is 11.1. The largest absolute Gasteiger partial charge is 0.347 e. The van der Waals surface area contributed by atoms with Crippen LogP contribution < -0.4 is 0 Å². The summed E-state index contributed by atoms with van der Waals surface area (Å²) >= 11 is 0. The van der Waals surface area contributed by atoms with Gasteiger partial charge in [-0.3, -0.25) is 9.59 Å².